The maximum atomic E-state index is 12.2. The van der Waals surface area contributed by atoms with E-state index in [9.17, 15) is 4.79 Å². The number of hydrogen-bond acceptors (Lipinski definition) is 2. The normalized spacial score (nSPS) is 12.2. The average molecular weight is 276 g/mol. The number of amides is 1. The van der Waals surface area contributed by atoms with Gasteiger partial charge in [-0.1, -0.05) is 44.7 Å². The number of carbonyl (C=O) groups is 1. The van der Waals surface area contributed by atoms with E-state index in [-0.39, 0.29) is 11.9 Å². The van der Waals surface area contributed by atoms with Crippen LogP contribution in [0.3, 0.4) is 0 Å². The van der Waals surface area contributed by atoms with Gasteiger partial charge in [0.15, 0.2) is 0 Å². The Bertz CT molecular complexity index is 404. The van der Waals surface area contributed by atoms with Gasteiger partial charge in [0, 0.05) is 11.6 Å². The van der Waals surface area contributed by atoms with E-state index < -0.39 is 0 Å². The molecule has 0 spiro atoms. The second kappa shape index (κ2) is 9.54. The number of unbranched alkanes of at least 4 members (excludes halogenated alkanes) is 3. The summed E-state index contributed by atoms with van der Waals surface area (Å²) in [5, 5.41) is 3.07. The molecule has 1 aromatic carbocycles. The standard InChI is InChI=1S/C17H28N2O/c1-3-4-5-6-8-14(2)19-17(20)16-10-7-9-15(13-16)11-12-18/h7,9-10,13-14H,3-6,8,11-12,18H2,1-2H3,(H,19,20). The van der Waals surface area contributed by atoms with E-state index in [2.05, 4.69) is 19.2 Å². The molecule has 0 fully saturated rings. The Hall–Kier alpha value is -1.35. The molecule has 112 valence electrons. The molecule has 20 heavy (non-hydrogen) atoms. The number of nitrogens with one attached hydrogen (secondary N) is 1. The largest absolute Gasteiger partial charge is 0.350 e. The van der Waals surface area contributed by atoms with E-state index >= 15 is 0 Å². The van der Waals surface area contributed by atoms with Crippen LogP contribution in [0.5, 0.6) is 0 Å². The molecular formula is C17H28N2O. The van der Waals surface area contributed by atoms with Crippen molar-refractivity contribution in [2.45, 2.75) is 58.4 Å². The van der Waals surface area contributed by atoms with Crippen molar-refractivity contribution < 1.29 is 4.79 Å². The number of hydrogen-bond donors (Lipinski definition) is 2. The van der Waals surface area contributed by atoms with Crippen LogP contribution in [-0.4, -0.2) is 18.5 Å². The van der Waals surface area contributed by atoms with Crippen molar-refractivity contribution in [3.8, 4) is 0 Å². The lowest BCUT2D eigenvalue weighted by Crippen LogP contribution is -2.32. The quantitative estimate of drug-likeness (QED) is 0.680. The zero-order valence-corrected chi connectivity index (χ0v) is 12.8. The van der Waals surface area contributed by atoms with Crippen LogP contribution in [0.2, 0.25) is 0 Å². The molecule has 1 rings (SSSR count). The highest BCUT2D eigenvalue weighted by Crippen LogP contribution is 2.08. The van der Waals surface area contributed by atoms with Gasteiger partial charge in [-0.05, 0) is 44.0 Å². The van der Waals surface area contributed by atoms with Crippen molar-refractivity contribution in [1.29, 1.82) is 0 Å². The van der Waals surface area contributed by atoms with Crippen LogP contribution in [0.1, 0.15) is 61.9 Å². The van der Waals surface area contributed by atoms with Crippen molar-refractivity contribution in [1.82, 2.24) is 5.32 Å². The highest BCUT2D eigenvalue weighted by molar-refractivity contribution is 5.94. The molecule has 0 aromatic heterocycles. The van der Waals surface area contributed by atoms with Gasteiger partial charge in [-0.3, -0.25) is 4.79 Å². The summed E-state index contributed by atoms with van der Waals surface area (Å²) >= 11 is 0. The van der Waals surface area contributed by atoms with E-state index in [0.29, 0.717) is 6.54 Å². The average Bonchev–Trinajstić information content (AvgIpc) is 2.44. The van der Waals surface area contributed by atoms with E-state index in [1.165, 1.54) is 25.7 Å². The van der Waals surface area contributed by atoms with E-state index in [0.717, 1.165) is 24.0 Å². The van der Waals surface area contributed by atoms with Gasteiger partial charge < -0.3 is 11.1 Å². The second-order valence-corrected chi connectivity index (χ2v) is 5.46. The SMILES string of the molecule is CCCCCCC(C)NC(=O)c1cccc(CCN)c1. The van der Waals surface area contributed by atoms with Gasteiger partial charge in [0.05, 0.1) is 0 Å². The third-order valence-corrected chi connectivity index (χ3v) is 3.49. The first-order valence-electron chi connectivity index (χ1n) is 7.77. The number of nitrogens with two attached hydrogens (primary N) is 1. The van der Waals surface area contributed by atoms with E-state index in [1.54, 1.807) is 0 Å². The van der Waals surface area contributed by atoms with Crippen molar-refractivity contribution in [2.24, 2.45) is 5.73 Å². The minimum atomic E-state index is 0.0202. The molecule has 0 aliphatic rings. The zero-order valence-electron chi connectivity index (χ0n) is 12.8. The third kappa shape index (κ3) is 6.20. The molecule has 0 aliphatic carbocycles. The van der Waals surface area contributed by atoms with Crippen LogP contribution in [0, 0.1) is 0 Å². The highest BCUT2D eigenvalue weighted by atomic mass is 16.1. The Morgan fingerprint density at radius 1 is 1.30 bits per heavy atom. The van der Waals surface area contributed by atoms with Gasteiger partial charge in [0.1, 0.15) is 0 Å². The van der Waals surface area contributed by atoms with Crippen molar-refractivity contribution in [2.75, 3.05) is 6.54 Å². The minimum Gasteiger partial charge on any atom is -0.350 e. The first-order valence-corrected chi connectivity index (χ1v) is 7.77. The summed E-state index contributed by atoms with van der Waals surface area (Å²) in [5.74, 6) is 0.0202. The summed E-state index contributed by atoms with van der Waals surface area (Å²) in [5.41, 5.74) is 7.40. The lowest BCUT2D eigenvalue weighted by molar-refractivity contribution is 0.0938. The Morgan fingerprint density at radius 2 is 2.10 bits per heavy atom. The van der Waals surface area contributed by atoms with Crippen LogP contribution in [0.4, 0.5) is 0 Å². The summed E-state index contributed by atoms with van der Waals surface area (Å²) in [6.07, 6.45) is 6.82. The summed E-state index contributed by atoms with van der Waals surface area (Å²) in [7, 11) is 0. The molecule has 0 bridgehead atoms. The topological polar surface area (TPSA) is 55.1 Å². The summed E-state index contributed by atoms with van der Waals surface area (Å²) < 4.78 is 0. The molecule has 0 heterocycles. The lowest BCUT2D eigenvalue weighted by atomic mass is 10.1. The monoisotopic (exact) mass is 276 g/mol. The van der Waals surface area contributed by atoms with E-state index in [1.807, 2.05) is 24.3 Å². The molecule has 1 amide bonds. The molecule has 3 N–H and O–H groups in total. The number of benzene rings is 1. The number of rotatable bonds is 9. The smallest absolute Gasteiger partial charge is 0.251 e. The molecule has 3 nitrogen and oxygen atoms in total. The van der Waals surface area contributed by atoms with Gasteiger partial charge in [-0.25, -0.2) is 0 Å². The van der Waals surface area contributed by atoms with Crippen molar-refractivity contribution >= 4 is 5.91 Å². The summed E-state index contributed by atoms with van der Waals surface area (Å²) in [4.78, 5) is 12.2. The van der Waals surface area contributed by atoms with Crippen molar-refractivity contribution in [3.63, 3.8) is 0 Å². The molecule has 0 aliphatic heterocycles. The fourth-order valence-corrected chi connectivity index (χ4v) is 2.29. The molecule has 0 saturated heterocycles. The molecule has 1 unspecified atom stereocenters. The second-order valence-electron chi connectivity index (χ2n) is 5.46. The fraction of sp³-hybridized carbons (Fsp3) is 0.588. The molecule has 0 radical (unpaired) electrons. The highest BCUT2D eigenvalue weighted by Gasteiger charge is 2.09. The van der Waals surface area contributed by atoms with Gasteiger partial charge in [-0.15, -0.1) is 0 Å². The van der Waals surface area contributed by atoms with Crippen LogP contribution in [0.25, 0.3) is 0 Å². The molecular weight excluding hydrogens is 248 g/mol. The van der Waals surface area contributed by atoms with Crippen LogP contribution in [0.15, 0.2) is 24.3 Å². The molecule has 3 heteroatoms. The molecule has 1 atom stereocenters. The Kier molecular flexibility index (Phi) is 7.97. The number of carbonyl (C=O) groups excluding carboxylic acids is 1. The lowest BCUT2D eigenvalue weighted by Gasteiger charge is -2.14. The maximum absolute atomic E-state index is 12.2. The van der Waals surface area contributed by atoms with Crippen LogP contribution < -0.4 is 11.1 Å². The van der Waals surface area contributed by atoms with Gasteiger partial charge in [0.25, 0.3) is 5.91 Å². The predicted molar refractivity (Wildman–Crippen MR) is 84.9 cm³/mol. The first-order chi connectivity index (χ1) is 9.67. The third-order valence-electron chi connectivity index (χ3n) is 3.49. The Labute approximate surface area is 122 Å². The first kappa shape index (κ1) is 16.7. The Morgan fingerprint density at radius 3 is 2.80 bits per heavy atom. The molecule has 0 saturated carbocycles. The fourth-order valence-electron chi connectivity index (χ4n) is 2.29. The van der Waals surface area contributed by atoms with Gasteiger partial charge >= 0.3 is 0 Å². The van der Waals surface area contributed by atoms with E-state index in [4.69, 9.17) is 5.73 Å². The van der Waals surface area contributed by atoms with Crippen molar-refractivity contribution in [3.05, 3.63) is 35.4 Å². The van der Waals surface area contributed by atoms with Gasteiger partial charge in [0.2, 0.25) is 0 Å². The molecule has 1 aromatic rings. The summed E-state index contributed by atoms with van der Waals surface area (Å²) in [6, 6.07) is 7.96. The van der Waals surface area contributed by atoms with Crippen LogP contribution in [-0.2, 0) is 6.42 Å². The summed E-state index contributed by atoms with van der Waals surface area (Å²) in [6.45, 7) is 4.89. The Balaban J connectivity index is 2.43. The minimum absolute atomic E-state index is 0.0202. The zero-order chi connectivity index (χ0) is 14.8. The maximum Gasteiger partial charge on any atom is 0.251 e. The van der Waals surface area contributed by atoms with Gasteiger partial charge in [-0.2, -0.15) is 0 Å². The predicted octanol–water partition coefficient (Wildman–Crippen LogP) is 3.28. The van der Waals surface area contributed by atoms with Crippen LogP contribution >= 0.6 is 0 Å².